The van der Waals surface area contributed by atoms with Crippen LogP contribution >= 0.6 is 15.9 Å². The fraction of sp³-hybridized carbons (Fsp3) is 0.333. The first-order valence-electron chi connectivity index (χ1n) is 3.85. The zero-order chi connectivity index (χ0) is 10.7. The van der Waals surface area contributed by atoms with Crippen molar-refractivity contribution in [2.24, 2.45) is 0 Å². The maximum absolute atomic E-state index is 13.3. The van der Waals surface area contributed by atoms with E-state index >= 15 is 0 Å². The standard InChI is InChI=1S/C9H10BrFO3/c1-13-8-5(4-12)3-6(11)9(14-2)7(8)10/h3,12H,4H2,1-2H3. The second-order valence-corrected chi connectivity index (χ2v) is 3.35. The van der Waals surface area contributed by atoms with Crippen molar-refractivity contribution in [2.45, 2.75) is 6.61 Å². The van der Waals surface area contributed by atoms with Crippen LogP contribution in [0.5, 0.6) is 11.5 Å². The Labute approximate surface area is 89.6 Å². The van der Waals surface area contributed by atoms with Gasteiger partial charge >= 0.3 is 0 Å². The Hall–Kier alpha value is -0.810. The van der Waals surface area contributed by atoms with Crippen LogP contribution in [-0.4, -0.2) is 19.3 Å². The zero-order valence-corrected chi connectivity index (χ0v) is 9.39. The van der Waals surface area contributed by atoms with Crippen molar-refractivity contribution in [1.82, 2.24) is 0 Å². The second kappa shape index (κ2) is 4.61. The number of halogens is 2. The lowest BCUT2D eigenvalue weighted by molar-refractivity contribution is 0.271. The number of rotatable bonds is 3. The summed E-state index contributed by atoms with van der Waals surface area (Å²) in [5.74, 6) is -0.0889. The van der Waals surface area contributed by atoms with E-state index in [0.29, 0.717) is 15.8 Å². The largest absolute Gasteiger partial charge is 0.495 e. The molecular weight excluding hydrogens is 255 g/mol. The minimum atomic E-state index is -0.538. The highest BCUT2D eigenvalue weighted by Gasteiger charge is 2.17. The van der Waals surface area contributed by atoms with Gasteiger partial charge in [0, 0.05) is 5.56 Å². The van der Waals surface area contributed by atoms with Gasteiger partial charge in [-0.2, -0.15) is 0 Å². The molecule has 14 heavy (non-hydrogen) atoms. The Balaban J connectivity index is 3.39. The van der Waals surface area contributed by atoms with Gasteiger partial charge in [-0.05, 0) is 22.0 Å². The van der Waals surface area contributed by atoms with E-state index < -0.39 is 5.82 Å². The van der Waals surface area contributed by atoms with E-state index in [1.165, 1.54) is 20.3 Å². The van der Waals surface area contributed by atoms with Gasteiger partial charge in [-0.15, -0.1) is 0 Å². The van der Waals surface area contributed by atoms with Gasteiger partial charge in [0.1, 0.15) is 10.2 Å². The Morgan fingerprint density at radius 3 is 2.36 bits per heavy atom. The van der Waals surface area contributed by atoms with Crippen LogP contribution in [0.2, 0.25) is 0 Å². The molecule has 1 aromatic rings. The van der Waals surface area contributed by atoms with E-state index in [2.05, 4.69) is 15.9 Å². The summed E-state index contributed by atoms with van der Waals surface area (Å²) in [5, 5.41) is 8.95. The van der Waals surface area contributed by atoms with Gasteiger partial charge in [0.15, 0.2) is 11.6 Å². The van der Waals surface area contributed by atoms with Gasteiger partial charge in [0.2, 0.25) is 0 Å². The molecule has 0 saturated carbocycles. The number of hydrogen-bond donors (Lipinski definition) is 1. The van der Waals surface area contributed by atoms with Crippen LogP contribution in [0.1, 0.15) is 5.56 Å². The molecule has 0 bridgehead atoms. The van der Waals surface area contributed by atoms with Crippen LogP contribution < -0.4 is 9.47 Å². The molecule has 0 atom stereocenters. The maximum Gasteiger partial charge on any atom is 0.172 e. The average molecular weight is 265 g/mol. The number of methoxy groups -OCH3 is 2. The van der Waals surface area contributed by atoms with Crippen LogP contribution in [0, 0.1) is 5.82 Å². The molecule has 1 rings (SSSR count). The minimum Gasteiger partial charge on any atom is -0.495 e. The summed E-state index contributed by atoms with van der Waals surface area (Å²) in [6.07, 6.45) is 0. The normalized spacial score (nSPS) is 10.1. The fourth-order valence-electron chi connectivity index (χ4n) is 1.16. The molecule has 3 nitrogen and oxygen atoms in total. The van der Waals surface area contributed by atoms with Crippen LogP contribution in [0.3, 0.4) is 0 Å². The summed E-state index contributed by atoms with van der Waals surface area (Å²) in [7, 11) is 2.80. The van der Waals surface area contributed by atoms with E-state index in [9.17, 15) is 4.39 Å². The third-order valence-electron chi connectivity index (χ3n) is 1.79. The molecule has 0 aromatic heterocycles. The first kappa shape index (κ1) is 11.3. The molecular formula is C9H10BrFO3. The average Bonchev–Trinajstić information content (AvgIpc) is 2.17. The SMILES string of the molecule is COc1c(F)cc(CO)c(OC)c1Br. The fourth-order valence-corrected chi connectivity index (χ4v) is 1.93. The van der Waals surface area contributed by atoms with Gasteiger partial charge in [0.05, 0.1) is 20.8 Å². The third kappa shape index (κ3) is 1.83. The Morgan fingerprint density at radius 1 is 1.36 bits per heavy atom. The molecule has 0 radical (unpaired) electrons. The van der Waals surface area contributed by atoms with Gasteiger partial charge in [0.25, 0.3) is 0 Å². The highest BCUT2D eigenvalue weighted by atomic mass is 79.9. The molecule has 0 aliphatic carbocycles. The lowest BCUT2D eigenvalue weighted by Gasteiger charge is -2.12. The number of aliphatic hydroxyl groups excluding tert-OH is 1. The van der Waals surface area contributed by atoms with Crippen LogP contribution in [0.15, 0.2) is 10.5 Å². The van der Waals surface area contributed by atoms with Crippen molar-refractivity contribution in [3.05, 3.63) is 21.9 Å². The van der Waals surface area contributed by atoms with Gasteiger partial charge in [-0.3, -0.25) is 0 Å². The van der Waals surface area contributed by atoms with E-state index in [0.717, 1.165) is 0 Å². The summed E-state index contributed by atoms with van der Waals surface area (Å²) in [5.41, 5.74) is 0.373. The second-order valence-electron chi connectivity index (χ2n) is 2.56. The summed E-state index contributed by atoms with van der Waals surface area (Å²) in [6, 6.07) is 1.18. The smallest absolute Gasteiger partial charge is 0.172 e. The molecule has 0 unspecified atom stereocenters. The lowest BCUT2D eigenvalue weighted by atomic mass is 10.2. The quantitative estimate of drug-likeness (QED) is 0.909. The van der Waals surface area contributed by atoms with E-state index in [-0.39, 0.29) is 12.4 Å². The van der Waals surface area contributed by atoms with Crippen LogP contribution in [0.25, 0.3) is 0 Å². The van der Waals surface area contributed by atoms with E-state index in [4.69, 9.17) is 14.6 Å². The summed E-state index contributed by atoms with van der Waals surface area (Å²) >= 11 is 3.14. The van der Waals surface area contributed by atoms with Gasteiger partial charge < -0.3 is 14.6 Å². The maximum atomic E-state index is 13.3. The summed E-state index contributed by atoms with van der Waals surface area (Å²) < 4.78 is 23.5. The molecule has 0 fully saturated rings. The molecule has 78 valence electrons. The van der Waals surface area contributed by atoms with E-state index in [1.54, 1.807) is 0 Å². The molecule has 1 N–H and O–H groups in total. The first-order chi connectivity index (χ1) is 6.65. The molecule has 5 heteroatoms. The Bertz CT molecular complexity index is 341. The molecule has 0 amide bonds. The molecule has 0 aliphatic rings. The van der Waals surface area contributed by atoms with Gasteiger partial charge in [-0.25, -0.2) is 4.39 Å². The number of benzene rings is 1. The highest BCUT2D eigenvalue weighted by molar-refractivity contribution is 9.10. The number of hydrogen-bond acceptors (Lipinski definition) is 3. The summed E-state index contributed by atoms with van der Waals surface area (Å²) in [4.78, 5) is 0. The minimum absolute atomic E-state index is 0.0686. The van der Waals surface area contributed by atoms with Crippen molar-refractivity contribution < 1.29 is 19.0 Å². The molecule has 0 spiro atoms. The first-order valence-corrected chi connectivity index (χ1v) is 4.64. The molecule has 0 aliphatic heterocycles. The zero-order valence-electron chi connectivity index (χ0n) is 7.80. The number of ether oxygens (including phenoxy) is 2. The highest BCUT2D eigenvalue weighted by Crippen LogP contribution is 2.39. The van der Waals surface area contributed by atoms with Crippen molar-refractivity contribution >= 4 is 15.9 Å². The van der Waals surface area contributed by atoms with Gasteiger partial charge in [-0.1, -0.05) is 0 Å². The monoisotopic (exact) mass is 264 g/mol. The van der Waals surface area contributed by atoms with Crippen LogP contribution in [0.4, 0.5) is 4.39 Å². The summed E-state index contributed by atoms with van der Waals surface area (Å²) in [6.45, 7) is -0.289. The Morgan fingerprint density at radius 2 is 1.93 bits per heavy atom. The Kier molecular flexibility index (Phi) is 3.71. The predicted octanol–water partition coefficient (Wildman–Crippen LogP) is 2.10. The molecule has 0 saturated heterocycles. The lowest BCUT2D eigenvalue weighted by Crippen LogP contribution is -1.98. The van der Waals surface area contributed by atoms with Crippen LogP contribution in [-0.2, 0) is 6.61 Å². The van der Waals surface area contributed by atoms with Crippen molar-refractivity contribution in [1.29, 1.82) is 0 Å². The molecule has 1 aromatic carbocycles. The predicted molar refractivity (Wildman–Crippen MR) is 53.1 cm³/mol. The number of aliphatic hydroxyl groups is 1. The van der Waals surface area contributed by atoms with Crippen molar-refractivity contribution in [2.75, 3.05) is 14.2 Å². The van der Waals surface area contributed by atoms with E-state index in [1.807, 2.05) is 0 Å². The topological polar surface area (TPSA) is 38.7 Å². The molecule has 0 heterocycles. The van der Waals surface area contributed by atoms with Crippen molar-refractivity contribution in [3.8, 4) is 11.5 Å². The van der Waals surface area contributed by atoms with Crippen molar-refractivity contribution in [3.63, 3.8) is 0 Å². The third-order valence-corrected chi connectivity index (χ3v) is 2.51.